The Morgan fingerprint density at radius 2 is 2.22 bits per heavy atom. The van der Waals surface area contributed by atoms with Crippen LogP contribution in [0.2, 0.25) is 0 Å². The molecule has 2 heteroatoms. The van der Waals surface area contributed by atoms with Gasteiger partial charge in [-0.2, -0.15) is 0 Å². The Kier molecular flexibility index (Phi) is 2.49. The van der Waals surface area contributed by atoms with Crippen molar-refractivity contribution in [1.29, 1.82) is 0 Å². The minimum atomic E-state index is 0.536. The van der Waals surface area contributed by atoms with Gasteiger partial charge >= 0.3 is 0 Å². The number of rotatable bonds is 3. The van der Waals surface area contributed by atoms with Gasteiger partial charge in [-0.1, -0.05) is 6.92 Å². The van der Waals surface area contributed by atoms with Gasteiger partial charge < -0.3 is 10.1 Å². The summed E-state index contributed by atoms with van der Waals surface area (Å²) in [4.78, 5) is 0. The van der Waals surface area contributed by atoms with E-state index in [1.807, 2.05) is 0 Å². The lowest BCUT2D eigenvalue weighted by Gasteiger charge is -2.34. The molecule has 2 nitrogen and oxygen atoms in total. The van der Waals surface area contributed by atoms with Crippen molar-refractivity contribution in [2.75, 3.05) is 13.7 Å². The molecule has 54 valence electrons. The van der Waals surface area contributed by atoms with Gasteiger partial charge in [0.2, 0.25) is 0 Å². The highest BCUT2D eigenvalue weighted by molar-refractivity contribution is 4.84. The maximum Gasteiger partial charge on any atom is 0.0601 e. The molecule has 1 aliphatic rings. The summed E-state index contributed by atoms with van der Waals surface area (Å²) in [6, 6.07) is 0.736. The third kappa shape index (κ3) is 1.66. The Hall–Kier alpha value is -0.0800. The molecular weight excluding hydrogens is 114 g/mol. The molecule has 0 bridgehead atoms. The minimum Gasteiger partial charge on any atom is -0.381 e. The van der Waals surface area contributed by atoms with Crippen molar-refractivity contribution in [3.05, 3.63) is 0 Å². The van der Waals surface area contributed by atoms with Crippen LogP contribution in [0.4, 0.5) is 0 Å². The van der Waals surface area contributed by atoms with Gasteiger partial charge in [0, 0.05) is 13.2 Å². The third-order valence-electron chi connectivity index (χ3n) is 1.92. The van der Waals surface area contributed by atoms with E-state index in [0.717, 1.165) is 12.6 Å². The molecular formula is C7H15NO. The highest BCUT2D eigenvalue weighted by Gasteiger charge is 2.27. The average Bonchev–Trinajstić information content (AvgIpc) is 1.77. The van der Waals surface area contributed by atoms with Gasteiger partial charge in [-0.3, -0.25) is 0 Å². The number of nitrogens with one attached hydrogen (secondary N) is 1. The summed E-state index contributed by atoms with van der Waals surface area (Å²) in [5.74, 6) is 0. The Bertz CT molecular complexity index is 79.0. The van der Waals surface area contributed by atoms with E-state index in [-0.39, 0.29) is 0 Å². The maximum absolute atomic E-state index is 5.12. The van der Waals surface area contributed by atoms with Gasteiger partial charge in [0.15, 0.2) is 0 Å². The number of hydrogen-bond donors (Lipinski definition) is 1. The number of ether oxygens (including phenoxy) is 1. The molecule has 9 heavy (non-hydrogen) atoms. The lowest BCUT2D eigenvalue weighted by molar-refractivity contribution is 0.0180. The maximum atomic E-state index is 5.12. The van der Waals surface area contributed by atoms with Crippen molar-refractivity contribution >= 4 is 0 Å². The molecule has 1 fully saturated rings. The standard InChI is InChI=1S/C7H15NO/c1-3-8-6-4-7(5-6)9-2/h6-8H,3-5H2,1-2H3/t6-,7-. The first-order valence-corrected chi connectivity index (χ1v) is 3.63. The summed E-state index contributed by atoms with van der Waals surface area (Å²) in [6.07, 6.45) is 2.93. The van der Waals surface area contributed by atoms with Crippen molar-refractivity contribution in [1.82, 2.24) is 5.32 Å². The SMILES string of the molecule is CCN[C@H]1C[C@H](OC)C1. The van der Waals surface area contributed by atoms with Crippen LogP contribution in [-0.2, 0) is 4.74 Å². The molecule has 0 spiro atoms. The van der Waals surface area contributed by atoms with Gasteiger partial charge in [-0.05, 0) is 19.4 Å². The minimum absolute atomic E-state index is 0.536. The quantitative estimate of drug-likeness (QED) is 0.608. The van der Waals surface area contributed by atoms with E-state index in [1.165, 1.54) is 12.8 Å². The van der Waals surface area contributed by atoms with Gasteiger partial charge in [0.1, 0.15) is 0 Å². The molecule has 1 saturated carbocycles. The summed E-state index contributed by atoms with van der Waals surface area (Å²) >= 11 is 0. The van der Waals surface area contributed by atoms with Crippen molar-refractivity contribution in [3.8, 4) is 0 Å². The first-order chi connectivity index (χ1) is 4.36. The van der Waals surface area contributed by atoms with Gasteiger partial charge in [0.25, 0.3) is 0 Å². The van der Waals surface area contributed by atoms with Crippen molar-refractivity contribution in [2.24, 2.45) is 0 Å². The Morgan fingerprint density at radius 1 is 1.56 bits per heavy atom. The van der Waals surface area contributed by atoms with E-state index in [2.05, 4.69) is 12.2 Å². The van der Waals surface area contributed by atoms with Gasteiger partial charge in [-0.15, -0.1) is 0 Å². The zero-order valence-electron chi connectivity index (χ0n) is 6.18. The van der Waals surface area contributed by atoms with Gasteiger partial charge in [0.05, 0.1) is 6.10 Å². The van der Waals surface area contributed by atoms with Crippen molar-refractivity contribution in [2.45, 2.75) is 31.9 Å². The average molecular weight is 129 g/mol. The molecule has 0 saturated heterocycles. The summed E-state index contributed by atoms with van der Waals surface area (Å²) in [5, 5.41) is 3.37. The lowest BCUT2D eigenvalue weighted by Crippen LogP contribution is -2.44. The zero-order chi connectivity index (χ0) is 6.69. The second-order valence-corrected chi connectivity index (χ2v) is 2.58. The predicted molar refractivity (Wildman–Crippen MR) is 37.5 cm³/mol. The largest absolute Gasteiger partial charge is 0.381 e. The molecule has 0 aromatic heterocycles. The van der Waals surface area contributed by atoms with Crippen molar-refractivity contribution < 1.29 is 4.74 Å². The van der Waals surface area contributed by atoms with Crippen LogP contribution in [0.1, 0.15) is 19.8 Å². The fourth-order valence-electron chi connectivity index (χ4n) is 1.21. The Morgan fingerprint density at radius 3 is 2.67 bits per heavy atom. The highest BCUT2D eigenvalue weighted by Crippen LogP contribution is 2.21. The van der Waals surface area contributed by atoms with Gasteiger partial charge in [-0.25, -0.2) is 0 Å². The molecule has 0 unspecified atom stereocenters. The summed E-state index contributed by atoms with van der Waals surface area (Å²) in [7, 11) is 1.78. The monoisotopic (exact) mass is 129 g/mol. The second-order valence-electron chi connectivity index (χ2n) is 2.58. The molecule has 0 atom stereocenters. The first kappa shape index (κ1) is 7.03. The lowest BCUT2D eigenvalue weighted by atomic mass is 9.89. The van der Waals surface area contributed by atoms with Crippen LogP contribution in [-0.4, -0.2) is 25.8 Å². The predicted octanol–water partition coefficient (Wildman–Crippen LogP) is 0.773. The second kappa shape index (κ2) is 3.18. The molecule has 0 amide bonds. The van der Waals surface area contributed by atoms with E-state index in [0.29, 0.717) is 6.10 Å². The van der Waals surface area contributed by atoms with Crippen LogP contribution < -0.4 is 5.32 Å². The topological polar surface area (TPSA) is 21.3 Å². The van der Waals surface area contributed by atoms with E-state index >= 15 is 0 Å². The van der Waals surface area contributed by atoms with Crippen LogP contribution in [0.3, 0.4) is 0 Å². The fourth-order valence-corrected chi connectivity index (χ4v) is 1.21. The van der Waals surface area contributed by atoms with Crippen LogP contribution >= 0.6 is 0 Å². The molecule has 1 N–H and O–H groups in total. The van der Waals surface area contributed by atoms with E-state index in [4.69, 9.17) is 4.74 Å². The molecule has 0 aromatic rings. The fraction of sp³-hybridized carbons (Fsp3) is 1.00. The van der Waals surface area contributed by atoms with Crippen LogP contribution in [0, 0.1) is 0 Å². The smallest absolute Gasteiger partial charge is 0.0601 e. The summed E-state index contributed by atoms with van der Waals surface area (Å²) in [6.45, 7) is 3.22. The Balaban J connectivity index is 1.98. The molecule has 0 heterocycles. The molecule has 1 aliphatic carbocycles. The van der Waals surface area contributed by atoms with E-state index < -0.39 is 0 Å². The van der Waals surface area contributed by atoms with Crippen LogP contribution in [0.25, 0.3) is 0 Å². The Labute approximate surface area is 56.6 Å². The van der Waals surface area contributed by atoms with E-state index in [9.17, 15) is 0 Å². The normalized spacial score (nSPS) is 34.0. The van der Waals surface area contributed by atoms with Crippen LogP contribution in [0.15, 0.2) is 0 Å². The molecule has 0 aromatic carbocycles. The first-order valence-electron chi connectivity index (χ1n) is 3.63. The summed E-state index contributed by atoms with van der Waals surface area (Å²) < 4.78 is 5.12. The zero-order valence-corrected chi connectivity index (χ0v) is 6.18. The number of hydrogen-bond acceptors (Lipinski definition) is 2. The molecule has 1 rings (SSSR count). The number of methoxy groups -OCH3 is 1. The van der Waals surface area contributed by atoms with E-state index in [1.54, 1.807) is 7.11 Å². The molecule has 0 aliphatic heterocycles. The molecule has 0 radical (unpaired) electrons. The highest BCUT2D eigenvalue weighted by atomic mass is 16.5. The summed E-state index contributed by atoms with van der Waals surface area (Å²) in [5.41, 5.74) is 0. The third-order valence-corrected chi connectivity index (χ3v) is 1.92. The van der Waals surface area contributed by atoms with Crippen LogP contribution in [0.5, 0.6) is 0 Å². The van der Waals surface area contributed by atoms with Crippen molar-refractivity contribution in [3.63, 3.8) is 0 Å².